The second kappa shape index (κ2) is 7.51. The second-order valence-corrected chi connectivity index (χ2v) is 7.11. The molecule has 1 atom stereocenters. The molecule has 0 aromatic heterocycles. The zero-order valence-corrected chi connectivity index (χ0v) is 15.8. The predicted octanol–water partition coefficient (Wildman–Crippen LogP) is 3.38. The number of aryl methyl sites for hydroxylation is 2. The highest BCUT2D eigenvalue weighted by atomic mass is 16.5. The van der Waals surface area contributed by atoms with Gasteiger partial charge in [0.1, 0.15) is 5.75 Å². The molecule has 0 saturated heterocycles. The summed E-state index contributed by atoms with van der Waals surface area (Å²) >= 11 is 0. The molecule has 0 bridgehead atoms. The molecule has 1 aliphatic heterocycles. The van der Waals surface area contributed by atoms with Gasteiger partial charge in [-0.3, -0.25) is 4.79 Å². The van der Waals surface area contributed by atoms with E-state index >= 15 is 0 Å². The fourth-order valence-electron chi connectivity index (χ4n) is 4.00. The van der Waals surface area contributed by atoms with E-state index in [1.54, 1.807) is 14.2 Å². The predicted molar refractivity (Wildman–Crippen MR) is 103 cm³/mol. The van der Waals surface area contributed by atoms with Gasteiger partial charge in [-0.25, -0.2) is 0 Å². The van der Waals surface area contributed by atoms with Crippen LogP contribution in [0.2, 0.25) is 0 Å². The Bertz CT molecular complexity index is 862. The molecule has 1 heterocycles. The molecule has 2 aromatic rings. The lowest BCUT2D eigenvalue weighted by Gasteiger charge is -2.16. The number of carbonyl (C=O) groups is 1. The summed E-state index contributed by atoms with van der Waals surface area (Å²) in [6.45, 7) is 0.759. The Morgan fingerprint density at radius 3 is 2.74 bits per heavy atom. The number of benzene rings is 2. The number of amides is 1. The molecule has 5 heteroatoms. The number of hydrogen-bond acceptors (Lipinski definition) is 4. The van der Waals surface area contributed by atoms with Crippen LogP contribution in [-0.4, -0.2) is 26.7 Å². The lowest BCUT2D eigenvalue weighted by Crippen LogP contribution is -2.27. The minimum atomic E-state index is 0.0423. The van der Waals surface area contributed by atoms with E-state index < -0.39 is 0 Å². The van der Waals surface area contributed by atoms with Gasteiger partial charge in [-0.15, -0.1) is 0 Å². The van der Waals surface area contributed by atoms with Crippen LogP contribution in [0, 0.1) is 0 Å². The van der Waals surface area contributed by atoms with Crippen molar-refractivity contribution in [3.8, 4) is 17.2 Å². The molecule has 0 radical (unpaired) electrons. The Labute approximate surface area is 159 Å². The first-order valence-corrected chi connectivity index (χ1v) is 9.46. The summed E-state index contributed by atoms with van der Waals surface area (Å²) in [6, 6.07) is 10.3. The SMILES string of the molecule is COc1cc2c(cc1OC)[C@@H](NC(=O)CCc1ccc3c(c1)CCO3)CC2. The van der Waals surface area contributed by atoms with Crippen molar-refractivity contribution in [1.29, 1.82) is 0 Å². The Morgan fingerprint density at radius 2 is 1.93 bits per heavy atom. The van der Waals surface area contributed by atoms with Gasteiger partial charge in [-0.05, 0) is 59.7 Å². The van der Waals surface area contributed by atoms with Crippen molar-refractivity contribution >= 4 is 5.91 Å². The summed E-state index contributed by atoms with van der Waals surface area (Å²) in [6.07, 6.45) is 4.03. The Morgan fingerprint density at radius 1 is 1.11 bits per heavy atom. The summed E-state index contributed by atoms with van der Waals surface area (Å²) in [5.41, 5.74) is 4.79. The third-order valence-corrected chi connectivity index (χ3v) is 5.45. The largest absolute Gasteiger partial charge is 0.493 e. The zero-order chi connectivity index (χ0) is 18.8. The molecule has 0 saturated carbocycles. The minimum Gasteiger partial charge on any atom is -0.493 e. The number of ether oxygens (including phenoxy) is 3. The first kappa shape index (κ1) is 17.7. The topological polar surface area (TPSA) is 56.8 Å². The van der Waals surface area contributed by atoms with E-state index in [-0.39, 0.29) is 11.9 Å². The van der Waals surface area contributed by atoms with Crippen molar-refractivity contribution in [3.63, 3.8) is 0 Å². The average molecular weight is 367 g/mol. The zero-order valence-electron chi connectivity index (χ0n) is 15.8. The summed E-state index contributed by atoms with van der Waals surface area (Å²) in [5, 5.41) is 3.19. The molecule has 0 unspecified atom stereocenters. The van der Waals surface area contributed by atoms with Crippen molar-refractivity contribution < 1.29 is 19.0 Å². The minimum absolute atomic E-state index is 0.0423. The van der Waals surface area contributed by atoms with Crippen molar-refractivity contribution in [1.82, 2.24) is 5.32 Å². The van der Waals surface area contributed by atoms with Crippen LogP contribution in [0.5, 0.6) is 17.2 Å². The second-order valence-electron chi connectivity index (χ2n) is 7.11. The van der Waals surface area contributed by atoms with Gasteiger partial charge >= 0.3 is 0 Å². The lowest BCUT2D eigenvalue weighted by molar-refractivity contribution is -0.121. The smallest absolute Gasteiger partial charge is 0.220 e. The monoisotopic (exact) mass is 367 g/mol. The van der Waals surface area contributed by atoms with Gasteiger partial charge in [0.25, 0.3) is 0 Å². The maximum absolute atomic E-state index is 12.5. The number of carbonyl (C=O) groups excluding carboxylic acids is 1. The molecule has 1 amide bonds. The molecule has 1 N–H and O–H groups in total. The molecule has 0 spiro atoms. The number of methoxy groups -OCH3 is 2. The number of rotatable bonds is 6. The van der Waals surface area contributed by atoms with Crippen molar-refractivity contribution in [2.45, 2.75) is 38.1 Å². The maximum Gasteiger partial charge on any atom is 0.220 e. The van der Waals surface area contributed by atoms with Crippen LogP contribution in [0.4, 0.5) is 0 Å². The van der Waals surface area contributed by atoms with Gasteiger partial charge in [0, 0.05) is 12.8 Å². The van der Waals surface area contributed by atoms with Gasteiger partial charge in [-0.2, -0.15) is 0 Å². The fraction of sp³-hybridized carbons (Fsp3) is 0.409. The van der Waals surface area contributed by atoms with E-state index in [2.05, 4.69) is 17.4 Å². The first-order chi connectivity index (χ1) is 13.2. The molecule has 4 rings (SSSR count). The van der Waals surface area contributed by atoms with Crippen LogP contribution in [0.25, 0.3) is 0 Å². The van der Waals surface area contributed by atoms with E-state index in [1.165, 1.54) is 16.7 Å². The van der Waals surface area contributed by atoms with Crippen molar-refractivity contribution in [2.75, 3.05) is 20.8 Å². The van der Waals surface area contributed by atoms with Gasteiger partial charge < -0.3 is 19.5 Å². The summed E-state index contributed by atoms with van der Waals surface area (Å²) < 4.78 is 16.3. The number of fused-ring (bicyclic) bond motifs is 2. The summed E-state index contributed by atoms with van der Waals surface area (Å²) in [7, 11) is 3.28. The van der Waals surface area contributed by atoms with E-state index in [9.17, 15) is 4.79 Å². The van der Waals surface area contributed by atoms with Gasteiger partial charge in [0.2, 0.25) is 5.91 Å². The molecule has 0 fully saturated rings. The number of nitrogens with one attached hydrogen (secondary N) is 1. The Balaban J connectivity index is 1.38. The normalized spacial score (nSPS) is 17.0. The van der Waals surface area contributed by atoms with Crippen LogP contribution in [0.3, 0.4) is 0 Å². The third kappa shape index (κ3) is 3.59. The maximum atomic E-state index is 12.5. The molecular formula is C22H25NO4. The van der Waals surface area contributed by atoms with Crippen LogP contribution < -0.4 is 19.5 Å². The Hall–Kier alpha value is -2.69. The van der Waals surface area contributed by atoms with Crippen LogP contribution >= 0.6 is 0 Å². The third-order valence-electron chi connectivity index (χ3n) is 5.45. The van der Waals surface area contributed by atoms with E-state index in [4.69, 9.17) is 14.2 Å². The fourth-order valence-corrected chi connectivity index (χ4v) is 4.00. The summed E-state index contributed by atoms with van der Waals surface area (Å²) in [4.78, 5) is 12.5. The highest BCUT2D eigenvalue weighted by molar-refractivity contribution is 5.77. The Kier molecular flexibility index (Phi) is 4.92. The van der Waals surface area contributed by atoms with Crippen LogP contribution in [-0.2, 0) is 24.1 Å². The van der Waals surface area contributed by atoms with Crippen LogP contribution in [0.15, 0.2) is 30.3 Å². The number of hydrogen-bond donors (Lipinski definition) is 1. The van der Waals surface area contributed by atoms with E-state index in [0.29, 0.717) is 12.2 Å². The molecule has 142 valence electrons. The van der Waals surface area contributed by atoms with Gasteiger partial charge in [0.05, 0.1) is 26.9 Å². The molecule has 2 aliphatic rings. The molecule has 1 aliphatic carbocycles. The summed E-state index contributed by atoms with van der Waals surface area (Å²) in [5.74, 6) is 2.51. The van der Waals surface area contributed by atoms with Gasteiger partial charge in [0.15, 0.2) is 11.5 Å². The average Bonchev–Trinajstić information content (AvgIpc) is 3.31. The highest BCUT2D eigenvalue weighted by Gasteiger charge is 2.26. The standard InChI is InChI=1S/C22H25NO4/c1-25-20-12-15-5-6-18(17(15)13-21(20)26-2)23-22(24)8-4-14-3-7-19-16(11-14)9-10-27-19/h3,7,11-13,18H,4-6,8-10H2,1-2H3,(H,23,24)/t18-/m0/s1. The van der Waals surface area contributed by atoms with Crippen LogP contribution in [0.1, 0.15) is 41.1 Å². The van der Waals surface area contributed by atoms with Crippen molar-refractivity contribution in [2.24, 2.45) is 0 Å². The van der Waals surface area contributed by atoms with Crippen molar-refractivity contribution in [3.05, 3.63) is 52.6 Å². The van der Waals surface area contributed by atoms with E-state index in [1.807, 2.05) is 18.2 Å². The molecule has 2 aromatic carbocycles. The molecular weight excluding hydrogens is 342 g/mol. The highest BCUT2D eigenvalue weighted by Crippen LogP contribution is 2.39. The molecule has 27 heavy (non-hydrogen) atoms. The van der Waals surface area contributed by atoms with E-state index in [0.717, 1.165) is 49.4 Å². The lowest BCUT2D eigenvalue weighted by atomic mass is 10.0. The quantitative estimate of drug-likeness (QED) is 0.850. The van der Waals surface area contributed by atoms with Gasteiger partial charge in [-0.1, -0.05) is 12.1 Å². The molecule has 5 nitrogen and oxygen atoms in total. The first-order valence-electron chi connectivity index (χ1n) is 9.46.